The van der Waals surface area contributed by atoms with E-state index >= 15 is 0 Å². The zero-order chi connectivity index (χ0) is 36.5. The monoisotopic (exact) mass is 736 g/mol. The molecule has 0 bridgehead atoms. The first kappa shape index (κ1) is 37.0. The molecule has 0 aliphatic heterocycles. The first-order valence-corrected chi connectivity index (χ1v) is 19.1. The maximum atomic E-state index is 13.2. The second-order valence-corrected chi connectivity index (χ2v) is 14.9. The largest absolute Gasteiger partial charge is 0.484 e. The van der Waals surface area contributed by atoms with Crippen LogP contribution < -0.4 is 9.47 Å². The van der Waals surface area contributed by atoms with Crippen LogP contribution in [-0.4, -0.2) is 62.4 Å². The third-order valence-electron chi connectivity index (χ3n) is 8.81. The summed E-state index contributed by atoms with van der Waals surface area (Å²) in [7, 11) is 7.45. The molecule has 0 saturated heterocycles. The summed E-state index contributed by atoms with van der Waals surface area (Å²) in [6.07, 6.45) is -1.31. The van der Waals surface area contributed by atoms with Crippen LogP contribution in [0.1, 0.15) is 47.6 Å². The highest BCUT2D eigenvalue weighted by molar-refractivity contribution is 7.10. The summed E-state index contributed by atoms with van der Waals surface area (Å²) >= 11 is 3.19. The van der Waals surface area contributed by atoms with Gasteiger partial charge in [0, 0.05) is 33.4 Å². The van der Waals surface area contributed by atoms with Gasteiger partial charge in [0.25, 0.3) is 0 Å². The third-order valence-corrected chi connectivity index (χ3v) is 10.7. The Bertz CT molecular complexity index is 1890. The summed E-state index contributed by atoms with van der Waals surface area (Å²) in [6, 6.07) is 36.2. The van der Waals surface area contributed by atoms with E-state index in [-0.39, 0.29) is 25.0 Å². The van der Waals surface area contributed by atoms with Crippen LogP contribution in [0.4, 0.5) is 0 Å². The van der Waals surface area contributed by atoms with E-state index < -0.39 is 24.4 Å². The van der Waals surface area contributed by atoms with Gasteiger partial charge in [-0.1, -0.05) is 84.9 Å². The Kier molecular flexibility index (Phi) is 12.6. The van der Waals surface area contributed by atoms with Crippen LogP contribution in [0.5, 0.6) is 11.5 Å². The van der Waals surface area contributed by atoms with Gasteiger partial charge in [-0.05, 0) is 74.0 Å². The van der Waals surface area contributed by atoms with E-state index in [4.69, 9.17) is 18.9 Å². The Hall–Kier alpha value is -4.74. The van der Waals surface area contributed by atoms with Crippen molar-refractivity contribution in [1.29, 1.82) is 0 Å². The van der Waals surface area contributed by atoms with E-state index in [0.717, 1.165) is 42.8 Å². The molecule has 52 heavy (non-hydrogen) atoms. The summed E-state index contributed by atoms with van der Waals surface area (Å²) < 4.78 is 25.2. The molecule has 0 N–H and O–H groups in total. The summed E-state index contributed by atoms with van der Waals surface area (Å²) in [5.41, 5.74) is 0. The number of benzene rings is 4. The summed E-state index contributed by atoms with van der Waals surface area (Å²) in [5.74, 6) is 0.565. The minimum Gasteiger partial charge on any atom is -0.484 e. The molecule has 6 aromatic rings. The van der Waals surface area contributed by atoms with Crippen LogP contribution in [-0.2, 0) is 19.1 Å². The Morgan fingerprint density at radius 3 is 1.33 bits per heavy atom. The molecule has 0 fully saturated rings. The predicted molar refractivity (Wildman–Crippen MR) is 209 cm³/mol. The minimum atomic E-state index is -0.585. The molecule has 8 nitrogen and oxygen atoms in total. The molecule has 4 aromatic carbocycles. The maximum Gasteiger partial charge on any atom is 0.307 e. The number of carbonyl (C=O) groups excluding carboxylic acids is 2. The quantitative estimate of drug-likeness (QED) is 0.0677. The van der Waals surface area contributed by atoms with Gasteiger partial charge in [-0.15, -0.1) is 22.7 Å². The lowest BCUT2D eigenvalue weighted by atomic mass is 10.1. The number of thiophene rings is 2. The van der Waals surface area contributed by atoms with Crippen LogP contribution in [0.25, 0.3) is 21.5 Å². The number of esters is 2. The van der Waals surface area contributed by atoms with E-state index in [9.17, 15) is 9.59 Å². The molecule has 0 spiro atoms. The van der Waals surface area contributed by atoms with Crippen molar-refractivity contribution in [3.8, 4) is 11.5 Å². The lowest BCUT2D eigenvalue weighted by molar-refractivity contribution is -0.166. The zero-order valence-corrected chi connectivity index (χ0v) is 31.5. The zero-order valence-electron chi connectivity index (χ0n) is 29.8. The molecular formula is C42H44N2O6S2. The average molecular weight is 737 g/mol. The second-order valence-electron chi connectivity index (χ2n) is 13.0. The molecule has 10 heteroatoms. The highest BCUT2D eigenvalue weighted by Gasteiger charge is 2.28. The van der Waals surface area contributed by atoms with Gasteiger partial charge in [0.05, 0.1) is 12.8 Å². The topological polar surface area (TPSA) is 77.5 Å². The van der Waals surface area contributed by atoms with Gasteiger partial charge in [-0.3, -0.25) is 19.4 Å². The van der Waals surface area contributed by atoms with Crippen molar-refractivity contribution < 1.29 is 28.5 Å². The Morgan fingerprint density at radius 2 is 0.942 bits per heavy atom. The van der Waals surface area contributed by atoms with Gasteiger partial charge in [0.15, 0.2) is 12.5 Å². The molecule has 6 rings (SSSR count). The average Bonchev–Trinajstić information content (AvgIpc) is 3.89. The smallest absolute Gasteiger partial charge is 0.307 e. The third kappa shape index (κ3) is 9.57. The Balaban J connectivity index is 1.07. The fourth-order valence-corrected chi connectivity index (χ4v) is 7.55. The van der Waals surface area contributed by atoms with E-state index in [1.807, 2.05) is 134 Å². The summed E-state index contributed by atoms with van der Waals surface area (Å²) in [6.45, 7) is 0. The van der Waals surface area contributed by atoms with E-state index in [1.165, 1.54) is 0 Å². The number of hydrogen-bond acceptors (Lipinski definition) is 10. The molecule has 2 aromatic heterocycles. The normalized spacial score (nSPS) is 13.9. The van der Waals surface area contributed by atoms with Crippen molar-refractivity contribution in [1.82, 2.24) is 9.80 Å². The van der Waals surface area contributed by atoms with Crippen molar-refractivity contribution in [2.24, 2.45) is 0 Å². The first-order chi connectivity index (χ1) is 25.2. The van der Waals surface area contributed by atoms with Gasteiger partial charge >= 0.3 is 11.9 Å². The number of hydrogen-bond donors (Lipinski definition) is 0. The Morgan fingerprint density at radius 1 is 0.538 bits per heavy atom. The van der Waals surface area contributed by atoms with Crippen molar-refractivity contribution in [2.45, 2.75) is 50.3 Å². The number of nitrogens with zero attached hydrogens (tertiary/aromatic N) is 2. The van der Waals surface area contributed by atoms with E-state index in [0.29, 0.717) is 12.8 Å². The second kappa shape index (κ2) is 17.7. The van der Waals surface area contributed by atoms with Gasteiger partial charge in [0.2, 0.25) is 0 Å². The van der Waals surface area contributed by atoms with Gasteiger partial charge < -0.3 is 18.9 Å². The van der Waals surface area contributed by atoms with E-state index in [1.54, 1.807) is 22.7 Å². The van der Waals surface area contributed by atoms with Crippen molar-refractivity contribution >= 4 is 56.2 Å². The minimum absolute atomic E-state index is 0.113. The predicted octanol–water partition coefficient (Wildman–Crippen LogP) is 9.48. The molecule has 4 atom stereocenters. The lowest BCUT2D eigenvalue weighted by Crippen LogP contribution is -2.36. The molecule has 0 radical (unpaired) electrons. The molecule has 0 saturated carbocycles. The number of rotatable bonds is 17. The number of fused-ring (bicyclic) bond motifs is 2. The highest BCUT2D eigenvalue weighted by Crippen LogP contribution is 2.36. The maximum absolute atomic E-state index is 13.2. The van der Waals surface area contributed by atoms with Gasteiger partial charge in [-0.2, -0.15) is 0 Å². The molecule has 0 aliphatic rings. The summed E-state index contributed by atoms with van der Waals surface area (Å²) in [5, 5.41) is 8.22. The Labute approximate surface area is 313 Å². The van der Waals surface area contributed by atoms with Crippen LogP contribution in [0.2, 0.25) is 0 Å². The van der Waals surface area contributed by atoms with Crippen LogP contribution in [0, 0.1) is 0 Å². The molecule has 2 heterocycles. The van der Waals surface area contributed by atoms with Gasteiger partial charge in [0.1, 0.15) is 23.7 Å². The number of ether oxygens (including phenoxy) is 4. The molecule has 0 aliphatic carbocycles. The highest BCUT2D eigenvalue weighted by atomic mass is 32.1. The van der Waals surface area contributed by atoms with Crippen LogP contribution >= 0.6 is 22.7 Å². The molecule has 2 unspecified atom stereocenters. The molecule has 0 amide bonds. The molecule has 270 valence electrons. The van der Waals surface area contributed by atoms with Crippen LogP contribution in [0.3, 0.4) is 0 Å². The standard InChI is InChI=1S/C42H44N2O6S2/c1-43(2)39(27-35(37-21-11-25-51-37)47-33-19-9-15-29-13-5-7-17-31(29)33)49-41(45)23-24-42(46)50-40(44(3)4)28-36(38-22-12-26-52-38)48-34-20-10-16-30-14-6-8-18-32(30)34/h5-22,25-26,35-36,39-40H,23-24,27-28H2,1-4H3/t35-,36-,39?,40?/m0/s1. The van der Waals surface area contributed by atoms with Crippen molar-refractivity contribution in [3.05, 3.63) is 130 Å². The lowest BCUT2D eigenvalue weighted by Gasteiger charge is -2.29. The fraction of sp³-hybridized carbons (Fsp3) is 0.286. The molecular weight excluding hydrogens is 693 g/mol. The SMILES string of the molecule is CN(C)C(C[C@H](Oc1cccc2ccccc12)c1cccs1)OC(=O)CCC(=O)OC(C[C@H](Oc1cccc2ccccc12)c1cccs1)N(C)C. The summed E-state index contributed by atoms with van der Waals surface area (Å²) in [4.78, 5) is 32.2. The van der Waals surface area contributed by atoms with Crippen molar-refractivity contribution in [2.75, 3.05) is 28.2 Å². The van der Waals surface area contributed by atoms with Gasteiger partial charge in [-0.25, -0.2) is 0 Å². The fourth-order valence-electron chi connectivity index (χ4n) is 6.02. The number of carbonyl (C=O) groups is 2. The van der Waals surface area contributed by atoms with E-state index in [2.05, 4.69) is 24.3 Å². The van der Waals surface area contributed by atoms with Crippen LogP contribution in [0.15, 0.2) is 120 Å². The first-order valence-electron chi connectivity index (χ1n) is 17.3. The van der Waals surface area contributed by atoms with Crippen molar-refractivity contribution in [3.63, 3.8) is 0 Å².